The first kappa shape index (κ1) is 17.8. The van der Waals surface area contributed by atoms with Crippen LogP contribution in [0.1, 0.15) is 13.3 Å². The Hall–Kier alpha value is -1.21. The Morgan fingerprint density at radius 1 is 1.47 bits per heavy atom. The van der Waals surface area contributed by atoms with Gasteiger partial charge in [-0.1, -0.05) is 12.2 Å². The molecule has 0 aliphatic carbocycles. The van der Waals surface area contributed by atoms with E-state index in [2.05, 4.69) is 17.2 Å². The quantitative estimate of drug-likeness (QED) is 0.414. The molecule has 0 saturated heterocycles. The van der Waals surface area contributed by atoms with Gasteiger partial charge >= 0.3 is 12.0 Å². The highest BCUT2D eigenvalue weighted by Gasteiger charge is 2.18. The van der Waals surface area contributed by atoms with Crippen molar-refractivity contribution in [2.75, 3.05) is 31.8 Å². The molecule has 0 spiro atoms. The zero-order valence-corrected chi connectivity index (χ0v) is 12.2. The Morgan fingerprint density at radius 2 is 2.16 bits per heavy atom. The molecule has 19 heavy (non-hydrogen) atoms. The number of ether oxygens (including phenoxy) is 1. The van der Waals surface area contributed by atoms with Crippen molar-refractivity contribution in [3.05, 3.63) is 12.2 Å². The van der Waals surface area contributed by atoms with Gasteiger partial charge in [0.25, 0.3) is 0 Å². The summed E-state index contributed by atoms with van der Waals surface area (Å²) in [4.78, 5) is 22.4. The van der Waals surface area contributed by atoms with Crippen LogP contribution >= 0.6 is 11.8 Å². The molecule has 3 N–H and O–H groups in total. The van der Waals surface area contributed by atoms with E-state index in [1.807, 2.05) is 13.2 Å². The van der Waals surface area contributed by atoms with Crippen LogP contribution in [0.2, 0.25) is 0 Å². The maximum Gasteiger partial charge on any atom is 0.326 e. The Labute approximate surface area is 118 Å². The summed E-state index contributed by atoms with van der Waals surface area (Å²) >= 11 is 1.54. The van der Waals surface area contributed by atoms with E-state index in [9.17, 15) is 9.59 Å². The maximum absolute atomic E-state index is 11.5. The van der Waals surface area contributed by atoms with Crippen LogP contribution in [0.15, 0.2) is 12.2 Å². The number of carbonyl (C=O) groups excluding carboxylic acids is 1. The monoisotopic (exact) mass is 290 g/mol. The van der Waals surface area contributed by atoms with E-state index in [1.165, 1.54) is 11.8 Å². The van der Waals surface area contributed by atoms with Crippen LogP contribution in [-0.2, 0) is 9.53 Å². The molecule has 0 aliphatic rings. The summed E-state index contributed by atoms with van der Waals surface area (Å²) in [5, 5.41) is 13.9. The zero-order valence-electron chi connectivity index (χ0n) is 11.4. The first-order valence-corrected chi connectivity index (χ1v) is 7.35. The number of amides is 2. The number of urea groups is 1. The fourth-order valence-corrected chi connectivity index (χ4v) is 1.66. The molecule has 0 aromatic carbocycles. The lowest BCUT2D eigenvalue weighted by Gasteiger charge is -2.14. The van der Waals surface area contributed by atoms with E-state index in [-0.39, 0.29) is 0 Å². The van der Waals surface area contributed by atoms with Crippen LogP contribution in [0.5, 0.6) is 0 Å². The van der Waals surface area contributed by atoms with Crippen LogP contribution in [0, 0.1) is 0 Å². The third kappa shape index (κ3) is 10.4. The van der Waals surface area contributed by atoms with E-state index in [0.717, 1.165) is 5.57 Å². The van der Waals surface area contributed by atoms with Gasteiger partial charge in [0.1, 0.15) is 6.04 Å². The molecule has 6 nitrogen and oxygen atoms in total. The minimum atomic E-state index is -1.03. The average Bonchev–Trinajstić information content (AvgIpc) is 2.33. The van der Waals surface area contributed by atoms with Crippen molar-refractivity contribution in [3.8, 4) is 0 Å². The molecule has 0 aliphatic heterocycles. The molecule has 0 heterocycles. The van der Waals surface area contributed by atoms with Gasteiger partial charge in [0.2, 0.25) is 0 Å². The molecule has 0 saturated carbocycles. The van der Waals surface area contributed by atoms with Crippen LogP contribution < -0.4 is 10.6 Å². The second-order valence-corrected chi connectivity index (χ2v) is 5.07. The normalized spacial score (nSPS) is 11.7. The number of carboxylic acid groups (broad SMARTS) is 1. The minimum absolute atomic E-state index is 0.327. The first-order chi connectivity index (χ1) is 8.97. The molecule has 0 fully saturated rings. The summed E-state index contributed by atoms with van der Waals surface area (Å²) in [5.41, 5.74) is 0.910. The molecule has 0 radical (unpaired) electrons. The summed E-state index contributed by atoms with van der Waals surface area (Å²) in [6.07, 6.45) is 2.29. The van der Waals surface area contributed by atoms with Gasteiger partial charge in [-0.25, -0.2) is 9.59 Å². The van der Waals surface area contributed by atoms with Crippen molar-refractivity contribution in [2.45, 2.75) is 19.4 Å². The standard InChI is InChI=1S/C12H22N2O4S/c1-9(2)8-18-6-5-13-12(17)14-10(11(15)16)4-7-19-3/h10H,1,4-8H2,2-3H3,(H,15,16)(H2,13,14,17)/t10-/m1/s1. The van der Waals surface area contributed by atoms with Crippen molar-refractivity contribution >= 4 is 23.8 Å². The number of carbonyl (C=O) groups is 2. The summed E-state index contributed by atoms with van der Waals surface area (Å²) in [6.45, 7) is 6.68. The predicted molar refractivity (Wildman–Crippen MR) is 76.6 cm³/mol. The molecule has 0 aromatic heterocycles. The highest BCUT2D eigenvalue weighted by molar-refractivity contribution is 7.98. The van der Waals surface area contributed by atoms with Crippen molar-refractivity contribution < 1.29 is 19.4 Å². The molecule has 0 rings (SSSR count). The molecule has 0 aromatic rings. The van der Waals surface area contributed by atoms with Gasteiger partial charge in [0, 0.05) is 6.54 Å². The lowest BCUT2D eigenvalue weighted by molar-refractivity contribution is -0.139. The van der Waals surface area contributed by atoms with Gasteiger partial charge in [-0.2, -0.15) is 11.8 Å². The summed E-state index contributed by atoms with van der Waals surface area (Å²) in [6, 6.07) is -1.35. The largest absolute Gasteiger partial charge is 0.480 e. The lowest BCUT2D eigenvalue weighted by Crippen LogP contribution is -2.47. The second kappa shape index (κ2) is 10.7. The van der Waals surface area contributed by atoms with Gasteiger partial charge in [0.05, 0.1) is 13.2 Å². The Bertz CT molecular complexity index is 310. The topological polar surface area (TPSA) is 87.7 Å². The summed E-state index contributed by atoms with van der Waals surface area (Å²) in [5.74, 6) is -0.346. The van der Waals surface area contributed by atoms with Crippen LogP contribution in [0.25, 0.3) is 0 Å². The van der Waals surface area contributed by atoms with Gasteiger partial charge in [-0.3, -0.25) is 0 Å². The highest BCUT2D eigenvalue weighted by Crippen LogP contribution is 2.00. The molecule has 0 bridgehead atoms. The summed E-state index contributed by atoms with van der Waals surface area (Å²) < 4.78 is 5.20. The number of aliphatic carboxylic acids is 1. The highest BCUT2D eigenvalue weighted by atomic mass is 32.2. The van der Waals surface area contributed by atoms with Crippen LogP contribution in [0.4, 0.5) is 4.79 Å². The molecule has 0 unspecified atom stereocenters. The fraction of sp³-hybridized carbons (Fsp3) is 0.667. The van der Waals surface area contributed by atoms with E-state index in [0.29, 0.717) is 31.9 Å². The molecule has 7 heteroatoms. The van der Waals surface area contributed by atoms with Crippen molar-refractivity contribution in [1.82, 2.24) is 10.6 Å². The van der Waals surface area contributed by atoms with Gasteiger partial charge in [-0.05, 0) is 25.4 Å². The number of rotatable bonds is 10. The molecule has 2 amide bonds. The van der Waals surface area contributed by atoms with Crippen LogP contribution in [0.3, 0.4) is 0 Å². The Balaban J connectivity index is 3.80. The first-order valence-electron chi connectivity index (χ1n) is 5.95. The smallest absolute Gasteiger partial charge is 0.326 e. The SMILES string of the molecule is C=C(C)COCCNC(=O)N[C@H](CCSC)C(=O)O. The lowest BCUT2D eigenvalue weighted by atomic mass is 10.2. The number of hydrogen-bond donors (Lipinski definition) is 3. The number of nitrogens with one attached hydrogen (secondary N) is 2. The fourth-order valence-electron chi connectivity index (χ4n) is 1.19. The number of thioether (sulfide) groups is 1. The third-order valence-electron chi connectivity index (χ3n) is 2.09. The Morgan fingerprint density at radius 3 is 2.68 bits per heavy atom. The van der Waals surface area contributed by atoms with E-state index in [4.69, 9.17) is 9.84 Å². The van der Waals surface area contributed by atoms with E-state index in [1.54, 1.807) is 0 Å². The number of carboxylic acids is 1. The van der Waals surface area contributed by atoms with Crippen LogP contribution in [-0.4, -0.2) is 54.9 Å². The Kier molecular flexibility index (Phi) is 10.0. The summed E-state index contributed by atoms with van der Waals surface area (Å²) in [7, 11) is 0. The second-order valence-electron chi connectivity index (χ2n) is 4.08. The maximum atomic E-state index is 11.5. The van der Waals surface area contributed by atoms with Crippen molar-refractivity contribution in [3.63, 3.8) is 0 Å². The molecule has 1 atom stereocenters. The third-order valence-corrected chi connectivity index (χ3v) is 2.74. The van der Waals surface area contributed by atoms with E-state index < -0.39 is 18.0 Å². The van der Waals surface area contributed by atoms with E-state index >= 15 is 0 Å². The molecule has 110 valence electrons. The number of hydrogen-bond acceptors (Lipinski definition) is 4. The van der Waals surface area contributed by atoms with Crippen molar-refractivity contribution in [1.29, 1.82) is 0 Å². The van der Waals surface area contributed by atoms with Gasteiger partial charge < -0.3 is 20.5 Å². The van der Waals surface area contributed by atoms with Gasteiger partial charge in [-0.15, -0.1) is 0 Å². The van der Waals surface area contributed by atoms with Gasteiger partial charge in [0.15, 0.2) is 0 Å². The zero-order chi connectivity index (χ0) is 14.7. The van der Waals surface area contributed by atoms with Crippen molar-refractivity contribution in [2.24, 2.45) is 0 Å². The molecular weight excluding hydrogens is 268 g/mol. The average molecular weight is 290 g/mol. The minimum Gasteiger partial charge on any atom is -0.480 e. The predicted octanol–water partition coefficient (Wildman–Crippen LogP) is 1.08. The molecular formula is C12H22N2O4S.